The number of carboxylic acid groups (broad SMARTS) is 1. The molecule has 4 N–H and O–H groups in total. The highest BCUT2D eigenvalue weighted by atomic mass is 35.5. The van der Waals surface area contributed by atoms with Gasteiger partial charge in [-0.3, -0.25) is 9.59 Å². The van der Waals surface area contributed by atoms with Crippen LogP contribution in [0.5, 0.6) is 0 Å². The van der Waals surface area contributed by atoms with Gasteiger partial charge in [0, 0.05) is 23.7 Å². The molecule has 0 saturated heterocycles. The van der Waals surface area contributed by atoms with E-state index in [1.165, 1.54) is 6.07 Å². The molecule has 6 heteroatoms. The van der Waals surface area contributed by atoms with Crippen LogP contribution in [-0.2, 0) is 4.79 Å². The third-order valence-corrected chi connectivity index (χ3v) is 3.69. The number of halogens is 1. The lowest BCUT2D eigenvalue weighted by molar-refractivity contribution is -0.137. The first-order chi connectivity index (χ1) is 9.93. The molecule has 1 aromatic rings. The van der Waals surface area contributed by atoms with Gasteiger partial charge in [-0.15, -0.1) is 0 Å². The van der Waals surface area contributed by atoms with E-state index in [1.54, 1.807) is 12.1 Å². The van der Waals surface area contributed by atoms with Gasteiger partial charge >= 0.3 is 5.97 Å². The predicted molar refractivity (Wildman–Crippen MR) is 83.7 cm³/mol. The summed E-state index contributed by atoms with van der Waals surface area (Å²) in [5, 5.41) is 12.3. The van der Waals surface area contributed by atoms with E-state index in [1.807, 2.05) is 6.92 Å². The van der Waals surface area contributed by atoms with Gasteiger partial charge in [0.25, 0.3) is 5.91 Å². The normalized spacial score (nSPS) is 11.9. The Bertz CT molecular complexity index is 506. The van der Waals surface area contributed by atoms with E-state index in [4.69, 9.17) is 22.4 Å². The summed E-state index contributed by atoms with van der Waals surface area (Å²) in [6.45, 7) is 2.70. The number of benzene rings is 1. The maximum Gasteiger partial charge on any atom is 0.303 e. The van der Waals surface area contributed by atoms with Gasteiger partial charge in [-0.1, -0.05) is 24.9 Å². The predicted octanol–water partition coefficient (Wildman–Crippen LogP) is 3.13. The molecule has 21 heavy (non-hydrogen) atoms. The molecule has 1 atom stereocenters. The summed E-state index contributed by atoms with van der Waals surface area (Å²) in [7, 11) is 0. The second-order valence-corrected chi connectivity index (χ2v) is 5.41. The van der Waals surface area contributed by atoms with Crippen molar-refractivity contribution in [2.24, 2.45) is 11.7 Å². The first kappa shape index (κ1) is 17.3. The van der Waals surface area contributed by atoms with Gasteiger partial charge in [-0.2, -0.15) is 0 Å². The highest BCUT2D eigenvalue weighted by Crippen LogP contribution is 2.21. The molecule has 0 fully saturated rings. The van der Waals surface area contributed by atoms with Crippen molar-refractivity contribution < 1.29 is 14.7 Å². The average molecular weight is 313 g/mol. The Balaban J connectivity index is 2.55. The molecule has 1 rings (SSSR count). The van der Waals surface area contributed by atoms with Crippen molar-refractivity contribution in [3.05, 3.63) is 28.8 Å². The second kappa shape index (κ2) is 8.52. The number of primary amides is 1. The molecule has 0 bridgehead atoms. The maximum absolute atomic E-state index is 11.4. The van der Waals surface area contributed by atoms with E-state index in [9.17, 15) is 9.59 Å². The fraction of sp³-hybridized carbons (Fsp3) is 0.467. The molecule has 0 aliphatic heterocycles. The minimum absolute atomic E-state index is 0.186. The van der Waals surface area contributed by atoms with Crippen LogP contribution in [-0.4, -0.2) is 23.5 Å². The van der Waals surface area contributed by atoms with E-state index >= 15 is 0 Å². The van der Waals surface area contributed by atoms with Crippen molar-refractivity contribution in [2.75, 3.05) is 11.9 Å². The van der Waals surface area contributed by atoms with Crippen molar-refractivity contribution in [3.63, 3.8) is 0 Å². The van der Waals surface area contributed by atoms with Crippen LogP contribution in [0.1, 0.15) is 43.0 Å². The van der Waals surface area contributed by atoms with Crippen LogP contribution in [0.15, 0.2) is 18.2 Å². The number of carboxylic acids is 1. The number of hydrogen-bond acceptors (Lipinski definition) is 3. The molecule has 1 unspecified atom stereocenters. The molecular weight excluding hydrogens is 292 g/mol. The molecule has 0 heterocycles. The average Bonchev–Trinajstić information content (AvgIpc) is 2.43. The van der Waals surface area contributed by atoms with Gasteiger partial charge in [0.2, 0.25) is 0 Å². The van der Waals surface area contributed by atoms with Crippen LogP contribution in [0, 0.1) is 5.92 Å². The van der Waals surface area contributed by atoms with Crippen molar-refractivity contribution in [2.45, 2.75) is 32.6 Å². The van der Waals surface area contributed by atoms with Crippen molar-refractivity contribution in [3.8, 4) is 0 Å². The van der Waals surface area contributed by atoms with E-state index in [0.29, 0.717) is 35.2 Å². The summed E-state index contributed by atoms with van der Waals surface area (Å²) in [4.78, 5) is 21.9. The first-order valence-electron chi connectivity index (χ1n) is 6.99. The van der Waals surface area contributed by atoms with Crippen LogP contribution >= 0.6 is 11.6 Å². The first-order valence-corrected chi connectivity index (χ1v) is 7.36. The second-order valence-electron chi connectivity index (χ2n) is 4.98. The summed E-state index contributed by atoms with van der Waals surface area (Å²) in [6.07, 6.45) is 2.62. The molecule has 0 saturated carbocycles. The highest BCUT2D eigenvalue weighted by molar-refractivity contribution is 6.31. The fourth-order valence-corrected chi connectivity index (χ4v) is 2.34. The lowest BCUT2D eigenvalue weighted by Crippen LogP contribution is -2.16. The highest BCUT2D eigenvalue weighted by Gasteiger charge is 2.11. The number of hydrogen-bond donors (Lipinski definition) is 3. The monoisotopic (exact) mass is 312 g/mol. The maximum atomic E-state index is 11.4. The van der Waals surface area contributed by atoms with Gasteiger partial charge in [-0.25, -0.2) is 0 Å². The number of nitrogens with one attached hydrogen (secondary N) is 1. The Kier molecular flexibility index (Phi) is 7.02. The number of aliphatic carboxylic acids is 1. The molecule has 0 aromatic heterocycles. The number of rotatable bonds is 9. The Labute approximate surface area is 129 Å². The molecule has 1 aromatic carbocycles. The van der Waals surface area contributed by atoms with Gasteiger partial charge in [0.15, 0.2) is 0 Å². The Morgan fingerprint density at radius 1 is 1.38 bits per heavy atom. The summed E-state index contributed by atoms with van der Waals surface area (Å²) >= 11 is 5.85. The van der Waals surface area contributed by atoms with Crippen LogP contribution in [0.25, 0.3) is 0 Å². The lowest BCUT2D eigenvalue weighted by Gasteiger charge is -2.15. The van der Waals surface area contributed by atoms with E-state index < -0.39 is 11.9 Å². The van der Waals surface area contributed by atoms with Crippen molar-refractivity contribution >= 4 is 29.2 Å². The largest absolute Gasteiger partial charge is 0.481 e. The molecular formula is C15H21ClN2O3. The van der Waals surface area contributed by atoms with Gasteiger partial charge in [-0.05, 0) is 37.0 Å². The number of carbonyl (C=O) groups is 2. The third-order valence-electron chi connectivity index (χ3n) is 3.46. The zero-order chi connectivity index (χ0) is 15.8. The molecule has 0 aliphatic carbocycles. The third kappa shape index (κ3) is 6.04. The van der Waals surface area contributed by atoms with Crippen molar-refractivity contribution in [1.82, 2.24) is 0 Å². The molecule has 0 radical (unpaired) electrons. The summed E-state index contributed by atoms with van der Waals surface area (Å²) < 4.78 is 0. The lowest BCUT2D eigenvalue weighted by atomic mass is 9.96. The van der Waals surface area contributed by atoms with Crippen LogP contribution in [0.4, 0.5) is 5.69 Å². The summed E-state index contributed by atoms with van der Waals surface area (Å²) in [6, 6.07) is 4.95. The molecule has 0 spiro atoms. The summed E-state index contributed by atoms with van der Waals surface area (Å²) in [5.74, 6) is -0.953. The number of amides is 1. The van der Waals surface area contributed by atoms with Gasteiger partial charge in [0.1, 0.15) is 0 Å². The van der Waals surface area contributed by atoms with E-state index in [2.05, 4.69) is 5.32 Å². The Morgan fingerprint density at radius 3 is 2.67 bits per heavy atom. The zero-order valence-electron chi connectivity index (χ0n) is 12.1. The van der Waals surface area contributed by atoms with Crippen LogP contribution in [0.3, 0.4) is 0 Å². The Morgan fingerprint density at radius 2 is 2.10 bits per heavy atom. The number of anilines is 1. The van der Waals surface area contributed by atoms with Crippen LogP contribution < -0.4 is 11.1 Å². The fourth-order valence-electron chi connectivity index (χ4n) is 2.17. The van der Waals surface area contributed by atoms with Gasteiger partial charge < -0.3 is 16.2 Å². The molecule has 5 nitrogen and oxygen atoms in total. The quantitative estimate of drug-likeness (QED) is 0.653. The Hall–Kier alpha value is -1.75. The zero-order valence-corrected chi connectivity index (χ0v) is 12.8. The summed E-state index contributed by atoms with van der Waals surface area (Å²) in [5.41, 5.74) is 6.33. The van der Waals surface area contributed by atoms with Crippen molar-refractivity contribution in [1.29, 1.82) is 0 Å². The standard InChI is InChI=1S/C15H21ClN2O3/c1-2-10(3-6-14(19)20)7-8-18-13-5-4-11(16)9-12(13)15(17)21/h4-5,9-10,18H,2-3,6-8H2,1H3,(H2,17,21)(H,19,20). The molecule has 116 valence electrons. The van der Waals surface area contributed by atoms with Crippen LogP contribution in [0.2, 0.25) is 5.02 Å². The molecule has 0 aliphatic rings. The van der Waals surface area contributed by atoms with E-state index in [-0.39, 0.29) is 6.42 Å². The minimum atomic E-state index is -0.768. The number of nitrogens with two attached hydrogens (primary N) is 1. The van der Waals surface area contributed by atoms with Gasteiger partial charge in [0.05, 0.1) is 5.56 Å². The SMILES string of the molecule is CCC(CCNc1ccc(Cl)cc1C(N)=O)CCC(=O)O. The molecule has 1 amide bonds. The smallest absolute Gasteiger partial charge is 0.303 e. The topological polar surface area (TPSA) is 92.4 Å². The number of carbonyl (C=O) groups excluding carboxylic acids is 1. The van der Waals surface area contributed by atoms with E-state index in [0.717, 1.165) is 12.8 Å². The minimum Gasteiger partial charge on any atom is -0.481 e.